The zero-order valence-corrected chi connectivity index (χ0v) is 12.4. The molecule has 21 heavy (non-hydrogen) atoms. The van der Waals surface area contributed by atoms with Crippen molar-refractivity contribution in [3.8, 4) is 0 Å². The number of aromatic amines is 1. The first kappa shape index (κ1) is 14.4. The van der Waals surface area contributed by atoms with Crippen molar-refractivity contribution < 1.29 is 13.2 Å². The Morgan fingerprint density at radius 2 is 2.24 bits per heavy atom. The van der Waals surface area contributed by atoms with Gasteiger partial charge in [0.15, 0.2) is 0 Å². The Morgan fingerprint density at radius 3 is 3.00 bits per heavy atom. The average Bonchev–Trinajstić information content (AvgIpc) is 2.90. The van der Waals surface area contributed by atoms with Gasteiger partial charge in [-0.3, -0.25) is 0 Å². The molecule has 3 rings (SSSR count). The van der Waals surface area contributed by atoms with E-state index in [2.05, 4.69) is 9.71 Å². The van der Waals surface area contributed by atoms with Crippen LogP contribution in [0.25, 0.3) is 10.9 Å². The van der Waals surface area contributed by atoms with E-state index in [1.54, 1.807) is 18.2 Å². The van der Waals surface area contributed by atoms with Gasteiger partial charge in [0.2, 0.25) is 10.0 Å². The van der Waals surface area contributed by atoms with Gasteiger partial charge in [0.05, 0.1) is 6.10 Å². The van der Waals surface area contributed by atoms with Crippen molar-refractivity contribution >= 4 is 26.6 Å². The third kappa shape index (κ3) is 3.04. The first-order valence-electron chi connectivity index (χ1n) is 7.04. The molecule has 1 unspecified atom stereocenters. The minimum absolute atomic E-state index is 0.0330. The fraction of sp³-hybridized carbons (Fsp3) is 0.429. The predicted octanol–water partition coefficient (Wildman–Crippen LogP) is 1.60. The lowest BCUT2D eigenvalue weighted by molar-refractivity contribution is 0.0200. The topological polar surface area (TPSA) is 97.2 Å². The predicted molar refractivity (Wildman–Crippen MR) is 81.5 cm³/mol. The summed E-state index contributed by atoms with van der Waals surface area (Å²) in [6.07, 6.45) is 4.49. The fourth-order valence-electron chi connectivity index (χ4n) is 2.59. The summed E-state index contributed by atoms with van der Waals surface area (Å²) in [7, 11) is -3.56. The summed E-state index contributed by atoms with van der Waals surface area (Å²) in [6, 6.07) is 5.13. The fourth-order valence-corrected chi connectivity index (χ4v) is 3.83. The van der Waals surface area contributed by atoms with Crippen molar-refractivity contribution in [2.24, 2.45) is 0 Å². The first-order chi connectivity index (χ1) is 10.1. The molecule has 4 N–H and O–H groups in total. The van der Waals surface area contributed by atoms with E-state index >= 15 is 0 Å². The summed E-state index contributed by atoms with van der Waals surface area (Å²) in [6.45, 7) is 1.02. The lowest BCUT2D eigenvalue weighted by Gasteiger charge is -2.22. The molecule has 114 valence electrons. The molecule has 2 heterocycles. The molecule has 0 amide bonds. The van der Waals surface area contributed by atoms with Crippen LogP contribution < -0.4 is 10.5 Å². The number of nitrogens with one attached hydrogen (secondary N) is 2. The maximum atomic E-state index is 12.4. The largest absolute Gasteiger partial charge is 0.399 e. The normalized spacial score (nSPS) is 19.9. The van der Waals surface area contributed by atoms with Gasteiger partial charge in [0.25, 0.3) is 0 Å². The summed E-state index contributed by atoms with van der Waals surface area (Å²) < 4.78 is 33.0. The molecule has 1 aromatic heterocycles. The number of benzene rings is 1. The molecule has 6 nitrogen and oxygen atoms in total. The number of fused-ring (bicyclic) bond motifs is 1. The Labute approximate surface area is 123 Å². The summed E-state index contributed by atoms with van der Waals surface area (Å²) in [5.74, 6) is 0. The molecule has 0 bridgehead atoms. The molecule has 1 aromatic carbocycles. The van der Waals surface area contributed by atoms with Gasteiger partial charge in [-0.25, -0.2) is 13.1 Å². The Morgan fingerprint density at radius 1 is 1.38 bits per heavy atom. The van der Waals surface area contributed by atoms with Gasteiger partial charge in [-0.2, -0.15) is 0 Å². The minimum atomic E-state index is -3.56. The molecular weight excluding hydrogens is 290 g/mol. The number of sulfonamides is 1. The van der Waals surface area contributed by atoms with Crippen molar-refractivity contribution in [2.75, 3.05) is 18.9 Å². The number of aromatic nitrogens is 1. The van der Waals surface area contributed by atoms with Crippen molar-refractivity contribution in [3.05, 3.63) is 24.4 Å². The maximum absolute atomic E-state index is 12.4. The molecule has 1 fully saturated rings. The lowest BCUT2D eigenvalue weighted by Crippen LogP contribution is -2.35. The molecule has 1 aliphatic heterocycles. The molecule has 0 radical (unpaired) electrons. The van der Waals surface area contributed by atoms with Crippen LogP contribution in [-0.2, 0) is 14.8 Å². The molecule has 0 aliphatic carbocycles. The van der Waals surface area contributed by atoms with Crippen LogP contribution in [0.2, 0.25) is 0 Å². The number of ether oxygens (including phenoxy) is 1. The van der Waals surface area contributed by atoms with E-state index in [1.807, 2.05) is 0 Å². The van der Waals surface area contributed by atoms with Crippen LogP contribution in [0.4, 0.5) is 5.69 Å². The number of nitrogens with two attached hydrogens (primary N) is 1. The van der Waals surface area contributed by atoms with Crippen LogP contribution in [0, 0.1) is 0 Å². The van der Waals surface area contributed by atoms with E-state index in [9.17, 15) is 8.42 Å². The van der Waals surface area contributed by atoms with Crippen molar-refractivity contribution in [3.63, 3.8) is 0 Å². The van der Waals surface area contributed by atoms with E-state index in [0.717, 1.165) is 19.3 Å². The van der Waals surface area contributed by atoms with E-state index in [1.165, 1.54) is 6.20 Å². The summed E-state index contributed by atoms with van der Waals surface area (Å²) >= 11 is 0. The van der Waals surface area contributed by atoms with E-state index in [-0.39, 0.29) is 11.0 Å². The highest BCUT2D eigenvalue weighted by Gasteiger charge is 2.21. The third-order valence-electron chi connectivity index (χ3n) is 3.73. The molecule has 1 saturated heterocycles. The van der Waals surface area contributed by atoms with Gasteiger partial charge < -0.3 is 15.5 Å². The molecule has 0 spiro atoms. The standard InChI is InChI=1S/C14H19N3O3S/c15-10-4-5-12-13(7-10)16-9-14(12)21(18,19)17-8-11-3-1-2-6-20-11/h4-5,7,9,11,16-17H,1-3,6,8,15H2. The Kier molecular flexibility index (Phi) is 3.88. The second-order valence-electron chi connectivity index (χ2n) is 5.30. The van der Waals surface area contributed by atoms with E-state index < -0.39 is 10.0 Å². The summed E-state index contributed by atoms with van der Waals surface area (Å²) in [5.41, 5.74) is 7.00. The second-order valence-corrected chi connectivity index (χ2v) is 7.03. The van der Waals surface area contributed by atoms with Crippen molar-refractivity contribution in [1.29, 1.82) is 0 Å². The number of nitrogen functional groups attached to an aromatic ring is 1. The number of H-pyrrole nitrogens is 1. The summed E-state index contributed by atoms with van der Waals surface area (Å²) in [4.78, 5) is 3.19. The first-order valence-corrected chi connectivity index (χ1v) is 8.52. The third-order valence-corrected chi connectivity index (χ3v) is 5.20. The van der Waals surface area contributed by atoms with E-state index in [4.69, 9.17) is 10.5 Å². The number of rotatable bonds is 4. The van der Waals surface area contributed by atoms with Gasteiger partial charge in [0, 0.05) is 35.9 Å². The zero-order valence-electron chi connectivity index (χ0n) is 11.6. The smallest absolute Gasteiger partial charge is 0.242 e. The molecular formula is C14H19N3O3S. The highest BCUT2D eigenvalue weighted by molar-refractivity contribution is 7.89. The van der Waals surface area contributed by atoms with Gasteiger partial charge in [0.1, 0.15) is 4.90 Å². The molecule has 1 atom stereocenters. The zero-order chi connectivity index (χ0) is 14.9. The summed E-state index contributed by atoms with van der Waals surface area (Å²) in [5, 5.41) is 0.640. The number of hydrogen-bond acceptors (Lipinski definition) is 4. The molecule has 1 aliphatic rings. The lowest BCUT2D eigenvalue weighted by atomic mass is 10.1. The van der Waals surface area contributed by atoms with Gasteiger partial charge in [-0.1, -0.05) is 0 Å². The molecule has 2 aromatic rings. The van der Waals surface area contributed by atoms with Gasteiger partial charge in [-0.05, 0) is 37.5 Å². The number of anilines is 1. The van der Waals surface area contributed by atoms with Gasteiger partial charge >= 0.3 is 0 Å². The highest BCUT2D eigenvalue weighted by atomic mass is 32.2. The molecule has 7 heteroatoms. The quantitative estimate of drug-likeness (QED) is 0.747. The number of hydrogen-bond donors (Lipinski definition) is 3. The van der Waals surface area contributed by atoms with E-state index in [0.29, 0.717) is 29.7 Å². The van der Waals surface area contributed by atoms with Crippen LogP contribution in [0.15, 0.2) is 29.3 Å². The maximum Gasteiger partial charge on any atom is 0.242 e. The molecule has 0 saturated carbocycles. The van der Waals surface area contributed by atoms with Crippen LogP contribution in [0.3, 0.4) is 0 Å². The van der Waals surface area contributed by atoms with Crippen LogP contribution in [-0.4, -0.2) is 32.7 Å². The highest BCUT2D eigenvalue weighted by Crippen LogP contribution is 2.24. The second kappa shape index (κ2) is 5.67. The van der Waals surface area contributed by atoms with Crippen molar-refractivity contribution in [1.82, 2.24) is 9.71 Å². The van der Waals surface area contributed by atoms with Gasteiger partial charge in [-0.15, -0.1) is 0 Å². The Bertz CT molecular complexity index is 733. The average molecular weight is 309 g/mol. The van der Waals surface area contributed by atoms with Crippen LogP contribution >= 0.6 is 0 Å². The Balaban J connectivity index is 1.79. The van der Waals surface area contributed by atoms with Crippen LogP contribution in [0.5, 0.6) is 0 Å². The van der Waals surface area contributed by atoms with Crippen molar-refractivity contribution in [2.45, 2.75) is 30.3 Å². The Hall–Kier alpha value is -1.57. The SMILES string of the molecule is Nc1ccc2c(S(=O)(=O)NCC3CCCCO3)c[nH]c2c1. The van der Waals surface area contributed by atoms with Crippen LogP contribution in [0.1, 0.15) is 19.3 Å². The monoisotopic (exact) mass is 309 g/mol. The minimum Gasteiger partial charge on any atom is -0.399 e.